The van der Waals surface area contributed by atoms with Crippen LogP contribution in [-0.2, 0) is 6.42 Å². The quantitative estimate of drug-likeness (QED) is 0.881. The summed E-state index contributed by atoms with van der Waals surface area (Å²) in [5.41, 5.74) is 4.16. The van der Waals surface area contributed by atoms with Gasteiger partial charge in [0.2, 0.25) is 0 Å². The number of benzene rings is 2. The van der Waals surface area contributed by atoms with Gasteiger partial charge in [-0.25, -0.2) is 4.79 Å². The van der Waals surface area contributed by atoms with Crippen molar-refractivity contribution < 1.29 is 9.90 Å². The fourth-order valence-corrected chi connectivity index (χ4v) is 2.96. The summed E-state index contributed by atoms with van der Waals surface area (Å²) in [6, 6.07) is 15.9. The number of carboxylic acids is 1. The Bertz CT molecular complexity index is 602. The van der Waals surface area contributed by atoms with Crippen LogP contribution < -0.4 is 0 Å². The lowest BCUT2D eigenvalue weighted by atomic mass is 9.78. The lowest BCUT2D eigenvalue weighted by molar-refractivity contribution is 0.0696. The summed E-state index contributed by atoms with van der Waals surface area (Å²) in [6.45, 7) is 0. The molecule has 2 heteroatoms. The van der Waals surface area contributed by atoms with Crippen molar-refractivity contribution in [2.45, 2.75) is 25.2 Å². The van der Waals surface area contributed by atoms with Gasteiger partial charge in [-0.1, -0.05) is 36.4 Å². The standard InChI is InChI=1S/C17H16O2/c18-17(19)14-10-9-13-7-4-8-15(16(13)11-14)12-5-2-1-3-6-12/h1-3,5-6,9-11,15H,4,7-8H2,(H,18,19). The van der Waals surface area contributed by atoms with Crippen molar-refractivity contribution in [3.63, 3.8) is 0 Å². The zero-order valence-corrected chi connectivity index (χ0v) is 10.7. The highest BCUT2D eigenvalue weighted by Gasteiger charge is 2.22. The molecular formula is C17H16O2. The smallest absolute Gasteiger partial charge is 0.335 e. The minimum atomic E-state index is -0.847. The number of rotatable bonds is 2. The Balaban J connectivity index is 2.08. The number of hydrogen-bond donors (Lipinski definition) is 1. The molecule has 3 rings (SSSR count). The zero-order valence-electron chi connectivity index (χ0n) is 10.7. The summed E-state index contributed by atoms with van der Waals surface area (Å²) in [4.78, 5) is 11.1. The van der Waals surface area contributed by atoms with E-state index in [2.05, 4.69) is 12.1 Å². The Hall–Kier alpha value is -2.09. The molecule has 0 radical (unpaired) electrons. The second-order valence-corrected chi connectivity index (χ2v) is 5.07. The van der Waals surface area contributed by atoms with Crippen LogP contribution in [0.5, 0.6) is 0 Å². The first kappa shape index (κ1) is 12.0. The summed E-state index contributed by atoms with van der Waals surface area (Å²) in [5, 5.41) is 9.14. The van der Waals surface area contributed by atoms with E-state index < -0.39 is 5.97 Å². The Morgan fingerprint density at radius 1 is 1.11 bits per heavy atom. The average Bonchev–Trinajstić information content (AvgIpc) is 2.47. The fourth-order valence-electron chi connectivity index (χ4n) is 2.96. The molecule has 19 heavy (non-hydrogen) atoms. The molecule has 0 aliphatic heterocycles. The molecule has 2 aromatic carbocycles. The lowest BCUT2D eigenvalue weighted by Crippen LogP contribution is -2.12. The van der Waals surface area contributed by atoms with Crippen LogP contribution in [0.2, 0.25) is 0 Å². The number of hydrogen-bond acceptors (Lipinski definition) is 1. The van der Waals surface area contributed by atoms with Crippen LogP contribution in [0.25, 0.3) is 0 Å². The van der Waals surface area contributed by atoms with Crippen LogP contribution in [0.4, 0.5) is 0 Å². The van der Waals surface area contributed by atoms with E-state index in [4.69, 9.17) is 5.11 Å². The summed E-state index contributed by atoms with van der Waals surface area (Å²) in [5.74, 6) is -0.510. The van der Waals surface area contributed by atoms with Gasteiger partial charge < -0.3 is 5.11 Å². The Kier molecular flexibility index (Phi) is 3.08. The molecule has 1 atom stereocenters. The van der Waals surface area contributed by atoms with E-state index in [-0.39, 0.29) is 0 Å². The van der Waals surface area contributed by atoms with E-state index in [9.17, 15) is 4.79 Å². The highest BCUT2D eigenvalue weighted by Crippen LogP contribution is 2.37. The maximum absolute atomic E-state index is 11.1. The van der Waals surface area contributed by atoms with Crippen molar-refractivity contribution in [2.75, 3.05) is 0 Å². The third kappa shape index (κ3) is 2.26. The molecule has 0 saturated carbocycles. The number of fused-ring (bicyclic) bond motifs is 1. The van der Waals surface area contributed by atoms with Crippen molar-refractivity contribution in [3.05, 3.63) is 70.8 Å². The van der Waals surface area contributed by atoms with Crippen molar-refractivity contribution in [2.24, 2.45) is 0 Å². The first-order chi connectivity index (χ1) is 9.25. The minimum absolute atomic E-state index is 0.337. The van der Waals surface area contributed by atoms with Crippen molar-refractivity contribution in [1.29, 1.82) is 0 Å². The monoisotopic (exact) mass is 252 g/mol. The Morgan fingerprint density at radius 2 is 1.89 bits per heavy atom. The van der Waals surface area contributed by atoms with Gasteiger partial charge in [0.15, 0.2) is 0 Å². The molecule has 96 valence electrons. The van der Waals surface area contributed by atoms with E-state index in [0.717, 1.165) is 12.8 Å². The van der Waals surface area contributed by atoms with Crippen LogP contribution in [0.15, 0.2) is 48.5 Å². The van der Waals surface area contributed by atoms with E-state index >= 15 is 0 Å². The molecular weight excluding hydrogens is 236 g/mol. The topological polar surface area (TPSA) is 37.3 Å². The molecule has 1 aliphatic carbocycles. The molecule has 0 aromatic heterocycles. The average molecular weight is 252 g/mol. The van der Waals surface area contributed by atoms with Gasteiger partial charge >= 0.3 is 5.97 Å². The molecule has 0 bridgehead atoms. The van der Waals surface area contributed by atoms with Crippen molar-refractivity contribution in [1.82, 2.24) is 0 Å². The predicted molar refractivity (Wildman–Crippen MR) is 74.6 cm³/mol. The van der Waals surface area contributed by atoms with Crippen LogP contribution in [0, 0.1) is 0 Å². The second kappa shape index (κ2) is 4.88. The number of carboxylic acid groups (broad SMARTS) is 1. The fraction of sp³-hybridized carbons (Fsp3) is 0.235. The van der Waals surface area contributed by atoms with Gasteiger partial charge in [0.1, 0.15) is 0 Å². The molecule has 0 amide bonds. The maximum Gasteiger partial charge on any atom is 0.335 e. The first-order valence-electron chi connectivity index (χ1n) is 6.67. The van der Waals surface area contributed by atoms with E-state index in [0.29, 0.717) is 11.5 Å². The first-order valence-corrected chi connectivity index (χ1v) is 6.67. The lowest BCUT2D eigenvalue weighted by Gasteiger charge is -2.26. The van der Waals surface area contributed by atoms with Gasteiger partial charge in [-0.2, -0.15) is 0 Å². The van der Waals surface area contributed by atoms with Crippen LogP contribution in [0.1, 0.15) is 45.8 Å². The van der Waals surface area contributed by atoms with E-state index in [1.165, 1.54) is 23.1 Å². The van der Waals surface area contributed by atoms with Crippen LogP contribution >= 0.6 is 0 Å². The maximum atomic E-state index is 11.1. The molecule has 2 aromatic rings. The molecule has 1 N–H and O–H groups in total. The third-order valence-electron chi connectivity index (χ3n) is 3.91. The highest BCUT2D eigenvalue weighted by atomic mass is 16.4. The third-order valence-corrected chi connectivity index (χ3v) is 3.91. The molecule has 0 heterocycles. The summed E-state index contributed by atoms with van der Waals surface area (Å²) >= 11 is 0. The normalized spacial score (nSPS) is 17.8. The van der Waals surface area contributed by atoms with Crippen LogP contribution in [-0.4, -0.2) is 11.1 Å². The van der Waals surface area contributed by atoms with E-state index in [1.807, 2.05) is 30.3 Å². The Morgan fingerprint density at radius 3 is 2.63 bits per heavy atom. The molecule has 0 saturated heterocycles. The minimum Gasteiger partial charge on any atom is -0.478 e. The van der Waals surface area contributed by atoms with Gasteiger partial charge in [-0.3, -0.25) is 0 Å². The zero-order chi connectivity index (χ0) is 13.2. The molecule has 0 fully saturated rings. The summed E-state index contributed by atoms with van der Waals surface area (Å²) in [7, 11) is 0. The van der Waals surface area contributed by atoms with Crippen LogP contribution in [0.3, 0.4) is 0 Å². The number of aryl methyl sites for hydroxylation is 1. The van der Waals surface area contributed by atoms with Crippen molar-refractivity contribution in [3.8, 4) is 0 Å². The number of aromatic carboxylic acids is 1. The SMILES string of the molecule is O=C(O)c1ccc2c(c1)C(c1ccccc1)CCC2. The summed E-state index contributed by atoms with van der Waals surface area (Å²) < 4.78 is 0. The van der Waals surface area contributed by atoms with Gasteiger partial charge in [-0.05, 0) is 48.1 Å². The van der Waals surface area contributed by atoms with Crippen molar-refractivity contribution >= 4 is 5.97 Å². The predicted octanol–water partition coefficient (Wildman–Crippen LogP) is 3.85. The van der Waals surface area contributed by atoms with Gasteiger partial charge in [0.25, 0.3) is 0 Å². The van der Waals surface area contributed by atoms with Gasteiger partial charge in [-0.15, -0.1) is 0 Å². The largest absolute Gasteiger partial charge is 0.478 e. The molecule has 1 unspecified atom stereocenters. The van der Waals surface area contributed by atoms with E-state index in [1.54, 1.807) is 6.07 Å². The Labute approximate surface area is 112 Å². The molecule has 2 nitrogen and oxygen atoms in total. The van der Waals surface area contributed by atoms with Gasteiger partial charge in [0.05, 0.1) is 5.56 Å². The molecule has 1 aliphatic rings. The second-order valence-electron chi connectivity index (χ2n) is 5.07. The number of carbonyl (C=O) groups is 1. The van der Waals surface area contributed by atoms with Gasteiger partial charge in [0, 0.05) is 5.92 Å². The summed E-state index contributed by atoms with van der Waals surface area (Å²) in [6.07, 6.45) is 3.32. The molecule has 0 spiro atoms. The highest BCUT2D eigenvalue weighted by molar-refractivity contribution is 5.88.